The van der Waals surface area contributed by atoms with Crippen molar-refractivity contribution in [3.8, 4) is 11.3 Å². The monoisotopic (exact) mass is 166 g/mol. The summed E-state index contributed by atoms with van der Waals surface area (Å²) in [6.07, 6.45) is 1.79. The van der Waals surface area contributed by atoms with Crippen molar-refractivity contribution >= 4 is 18.9 Å². The largest absolute Gasteiger partial charge is 0.265 e. The Labute approximate surface area is 88.7 Å². The van der Waals surface area contributed by atoms with Gasteiger partial charge in [0, 0.05) is 30.6 Å². The summed E-state index contributed by atoms with van der Waals surface area (Å²) in [7, 11) is 0. The van der Waals surface area contributed by atoms with E-state index in [4.69, 9.17) is 0 Å². The Bertz CT molecular complexity index is 370. The van der Waals surface area contributed by atoms with Gasteiger partial charge in [0.25, 0.3) is 0 Å². The van der Waals surface area contributed by atoms with Crippen LogP contribution in [0.15, 0.2) is 30.5 Å². The van der Waals surface area contributed by atoms with E-state index in [0.29, 0.717) is 0 Å². The third kappa shape index (κ3) is 2.00. The van der Waals surface area contributed by atoms with Crippen LogP contribution >= 0.6 is 0 Å². The maximum absolute atomic E-state index is 3.94. The minimum Gasteiger partial charge on any atom is -0.265 e. The third-order valence-electron chi connectivity index (χ3n) is 1.84. The van der Waals surface area contributed by atoms with E-state index < -0.39 is 0 Å². The zero-order chi connectivity index (χ0) is 8.39. The minimum atomic E-state index is 0. The first kappa shape index (κ1) is 10.0. The van der Waals surface area contributed by atoms with Crippen molar-refractivity contribution in [1.29, 1.82) is 0 Å². The molecule has 0 bridgehead atoms. The fourth-order valence-electron chi connectivity index (χ4n) is 1.19. The van der Waals surface area contributed by atoms with Crippen LogP contribution < -0.4 is 0 Å². The van der Waals surface area contributed by atoms with Gasteiger partial charge in [0.05, 0.1) is 0 Å². The standard InChI is InChI=1S/C9H9N3.Li/c1-7-4-2-3-5-8(7)9-6-10-12-11-9;/h2-6H,1H3,(H,10,11,12);. The molecule has 1 aromatic heterocycles. The van der Waals surface area contributed by atoms with Crippen LogP contribution in [-0.4, -0.2) is 34.3 Å². The average molecular weight is 166 g/mol. The maximum Gasteiger partial charge on any atom is 0.113 e. The Kier molecular flexibility index (Phi) is 3.30. The zero-order valence-corrected chi connectivity index (χ0v) is 7.78. The molecule has 4 heteroatoms. The molecule has 13 heavy (non-hydrogen) atoms. The molecule has 1 aromatic carbocycles. The fraction of sp³-hybridized carbons (Fsp3) is 0.111. The Morgan fingerprint density at radius 3 is 2.62 bits per heavy atom. The van der Waals surface area contributed by atoms with E-state index in [9.17, 15) is 0 Å². The predicted octanol–water partition coefficient (Wildman–Crippen LogP) is 1.40. The molecule has 0 amide bonds. The van der Waals surface area contributed by atoms with Gasteiger partial charge in [-0.2, -0.15) is 0 Å². The van der Waals surface area contributed by atoms with Gasteiger partial charge in [-0.25, -0.2) is 0 Å². The van der Waals surface area contributed by atoms with Crippen molar-refractivity contribution < 1.29 is 0 Å². The first-order valence-corrected chi connectivity index (χ1v) is 3.80. The van der Waals surface area contributed by atoms with E-state index in [0.717, 1.165) is 11.3 Å². The van der Waals surface area contributed by atoms with Gasteiger partial charge in [-0.3, -0.25) is 5.10 Å². The molecule has 0 aliphatic carbocycles. The van der Waals surface area contributed by atoms with Crippen LogP contribution in [0.4, 0.5) is 0 Å². The number of aromatic amines is 1. The summed E-state index contributed by atoms with van der Waals surface area (Å²) in [5, 5.41) is 10.3. The molecular formula is C9H9LiN3. The van der Waals surface area contributed by atoms with Gasteiger partial charge in [0.2, 0.25) is 0 Å². The molecule has 0 aliphatic heterocycles. The number of hydrogen-bond acceptors (Lipinski definition) is 2. The van der Waals surface area contributed by atoms with E-state index in [-0.39, 0.29) is 18.9 Å². The third-order valence-corrected chi connectivity index (χ3v) is 1.84. The normalized spacial score (nSPS) is 9.31. The van der Waals surface area contributed by atoms with E-state index in [1.165, 1.54) is 5.56 Å². The Morgan fingerprint density at radius 2 is 2.00 bits per heavy atom. The van der Waals surface area contributed by atoms with Crippen molar-refractivity contribution in [2.24, 2.45) is 0 Å². The van der Waals surface area contributed by atoms with Crippen LogP contribution in [0, 0.1) is 6.92 Å². The number of nitrogens with zero attached hydrogens (tertiary/aromatic N) is 2. The number of benzene rings is 1. The quantitative estimate of drug-likeness (QED) is 0.650. The summed E-state index contributed by atoms with van der Waals surface area (Å²) >= 11 is 0. The number of aromatic nitrogens is 3. The first-order valence-electron chi connectivity index (χ1n) is 3.80. The van der Waals surface area contributed by atoms with Crippen molar-refractivity contribution in [3.05, 3.63) is 36.0 Å². The molecule has 1 N–H and O–H groups in total. The molecule has 2 aromatic rings. The van der Waals surface area contributed by atoms with Crippen molar-refractivity contribution in [2.75, 3.05) is 0 Å². The van der Waals surface area contributed by atoms with Gasteiger partial charge < -0.3 is 0 Å². The van der Waals surface area contributed by atoms with Crippen molar-refractivity contribution in [2.45, 2.75) is 6.92 Å². The van der Waals surface area contributed by atoms with Crippen molar-refractivity contribution in [1.82, 2.24) is 15.4 Å². The van der Waals surface area contributed by atoms with Crippen molar-refractivity contribution in [3.63, 3.8) is 0 Å². The van der Waals surface area contributed by atoms with Gasteiger partial charge in [-0.1, -0.05) is 29.5 Å². The molecule has 3 nitrogen and oxygen atoms in total. The van der Waals surface area contributed by atoms with E-state index in [1.54, 1.807) is 6.20 Å². The van der Waals surface area contributed by atoms with E-state index in [2.05, 4.69) is 28.4 Å². The van der Waals surface area contributed by atoms with Crippen LogP contribution in [0.5, 0.6) is 0 Å². The van der Waals surface area contributed by atoms with Crippen LogP contribution in [0.2, 0.25) is 0 Å². The number of nitrogens with one attached hydrogen (secondary N) is 1. The summed E-state index contributed by atoms with van der Waals surface area (Å²) in [6, 6.07) is 8.10. The maximum atomic E-state index is 3.94. The summed E-state index contributed by atoms with van der Waals surface area (Å²) < 4.78 is 0. The van der Waals surface area contributed by atoms with E-state index in [1.807, 2.05) is 18.2 Å². The molecule has 2 rings (SSSR count). The zero-order valence-electron chi connectivity index (χ0n) is 7.78. The Balaban J connectivity index is 0.000000845. The van der Waals surface area contributed by atoms with Crippen LogP contribution in [0.25, 0.3) is 11.3 Å². The molecule has 0 aliphatic rings. The molecule has 1 radical (unpaired) electrons. The van der Waals surface area contributed by atoms with Gasteiger partial charge >= 0.3 is 0 Å². The second kappa shape index (κ2) is 4.27. The molecule has 0 unspecified atom stereocenters. The number of hydrogen-bond donors (Lipinski definition) is 1. The number of aryl methyl sites for hydroxylation is 1. The summed E-state index contributed by atoms with van der Waals surface area (Å²) in [5.74, 6) is 0. The second-order valence-electron chi connectivity index (χ2n) is 2.67. The average Bonchev–Trinajstić information content (AvgIpc) is 2.57. The molecule has 0 fully saturated rings. The molecule has 0 spiro atoms. The van der Waals surface area contributed by atoms with Gasteiger partial charge in [0.1, 0.15) is 5.69 Å². The molecule has 0 saturated heterocycles. The topological polar surface area (TPSA) is 41.6 Å². The van der Waals surface area contributed by atoms with Gasteiger partial charge in [-0.15, -0.1) is 5.10 Å². The molecular weight excluding hydrogens is 157 g/mol. The van der Waals surface area contributed by atoms with Gasteiger partial charge in [0.15, 0.2) is 0 Å². The summed E-state index contributed by atoms with van der Waals surface area (Å²) in [4.78, 5) is 0. The Morgan fingerprint density at radius 1 is 1.23 bits per heavy atom. The van der Waals surface area contributed by atoms with Gasteiger partial charge in [-0.05, 0) is 12.5 Å². The van der Waals surface area contributed by atoms with Crippen LogP contribution in [-0.2, 0) is 0 Å². The number of H-pyrrole nitrogens is 1. The second-order valence-corrected chi connectivity index (χ2v) is 2.67. The predicted molar refractivity (Wildman–Crippen MR) is 52.3 cm³/mol. The smallest absolute Gasteiger partial charge is 0.113 e. The fourth-order valence-corrected chi connectivity index (χ4v) is 1.19. The summed E-state index contributed by atoms with van der Waals surface area (Å²) in [5.41, 5.74) is 3.24. The first-order chi connectivity index (χ1) is 5.88. The Hall–Kier alpha value is -1.04. The number of rotatable bonds is 1. The van der Waals surface area contributed by atoms with Crippen LogP contribution in [0.3, 0.4) is 0 Å². The SMILES string of the molecule is Cc1ccccc1-c1c[nH]nn1.[Li]. The molecule has 1 heterocycles. The van der Waals surface area contributed by atoms with Crippen LogP contribution in [0.1, 0.15) is 5.56 Å². The molecule has 61 valence electrons. The summed E-state index contributed by atoms with van der Waals surface area (Å²) in [6.45, 7) is 2.06. The molecule has 0 atom stereocenters. The molecule has 0 saturated carbocycles. The minimum absolute atomic E-state index is 0. The van der Waals surface area contributed by atoms with E-state index >= 15 is 0 Å².